The van der Waals surface area contributed by atoms with E-state index in [-0.39, 0.29) is 5.91 Å². The molecular formula is C17H12ClNOS. The van der Waals surface area contributed by atoms with Gasteiger partial charge >= 0.3 is 0 Å². The van der Waals surface area contributed by atoms with Crippen LogP contribution in [-0.4, -0.2) is 5.91 Å². The molecule has 0 aliphatic heterocycles. The number of para-hydroxylation sites is 1. The standard InChI is InChI=1S/C17H12ClNOS/c18-13-9-7-12(8-10-13)17(20)19-15-5-2-1-4-14(15)16-6-3-11-21-16/h1-11H,(H,19,20). The quantitative estimate of drug-likeness (QED) is 0.696. The predicted molar refractivity (Wildman–Crippen MR) is 89.2 cm³/mol. The van der Waals surface area contributed by atoms with Crippen LogP contribution in [0, 0.1) is 0 Å². The Morgan fingerprint density at radius 3 is 2.43 bits per heavy atom. The first-order valence-corrected chi connectivity index (χ1v) is 7.69. The van der Waals surface area contributed by atoms with Crippen molar-refractivity contribution in [1.82, 2.24) is 0 Å². The highest BCUT2D eigenvalue weighted by molar-refractivity contribution is 7.13. The fourth-order valence-corrected chi connectivity index (χ4v) is 2.93. The minimum Gasteiger partial charge on any atom is -0.321 e. The van der Waals surface area contributed by atoms with Crippen molar-refractivity contribution >= 4 is 34.5 Å². The van der Waals surface area contributed by atoms with Crippen molar-refractivity contribution < 1.29 is 4.79 Å². The van der Waals surface area contributed by atoms with Crippen LogP contribution in [0.4, 0.5) is 5.69 Å². The van der Waals surface area contributed by atoms with Gasteiger partial charge in [-0.1, -0.05) is 35.9 Å². The number of nitrogens with one attached hydrogen (secondary N) is 1. The maximum Gasteiger partial charge on any atom is 0.255 e. The monoisotopic (exact) mass is 313 g/mol. The second-order valence-electron chi connectivity index (χ2n) is 4.48. The van der Waals surface area contributed by atoms with Crippen molar-refractivity contribution in [2.45, 2.75) is 0 Å². The Morgan fingerprint density at radius 1 is 0.952 bits per heavy atom. The van der Waals surface area contributed by atoms with Gasteiger partial charge in [0.1, 0.15) is 0 Å². The number of carbonyl (C=O) groups excluding carboxylic acids is 1. The van der Waals surface area contributed by atoms with E-state index in [0.29, 0.717) is 10.6 Å². The molecule has 3 rings (SSSR count). The Balaban J connectivity index is 1.88. The highest BCUT2D eigenvalue weighted by atomic mass is 35.5. The topological polar surface area (TPSA) is 29.1 Å². The molecule has 4 heteroatoms. The van der Waals surface area contributed by atoms with Crippen molar-refractivity contribution in [3.05, 3.63) is 76.6 Å². The van der Waals surface area contributed by atoms with E-state index in [0.717, 1.165) is 16.1 Å². The van der Waals surface area contributed by atoms with Gasteiger partial charge in [-0.05, 0) is 41.8 Å². The third-order valence-corrected chi connectivity index (χ3v) is 4.22. The van der Waals surface area contributed by atoms with E-state index in [9.17, 15) is 4.79 Å². The zero-order chi connectivity index (χ0) is 14.7. The van der Waals surface area contributed by atoms with Gasteiger partial charge in [0.25, 0.3) is 5.91 Å². The van der Waals surface area contributed by atoms with Gasteiger partial charge in [-0.15, -0.1) is 11.3 Å². The molecule has 0 unspecified atom stereocenters. The van der Waals surface area contributed by atoms with Gasteiger partial charge < -0.3 is 5.32 Å². The van der Waals surface area contributed by atoms with Crippen molar-refractivity contribution in [3.8, 4) is 10.4 Å². The lowest BCUT2D eigenvalue weighted by atomic mass is 10.1. The number of thiophene rings is 1. The largest absolute Gasteiger partial charge is 0.321 e. The van der Waals surface area contributed by atoms with Crippen LogP contribution in [0.3, 0.4) is 0 Å². The first-order chi connectivity index (χ1) is 10.2. The zero-order valence-electron chi connectivity index (χ0n) is 11.0. The van der Waals surface area contributed by atoms with Gasteiger partial charge in [0.15, 0.2) is 0 Å². The molecule has 1 amide bonds. The molecule has 0 saturated heterocycles. The molecule has 0 aliphatic carbocycles. The van der Waals surface area contributed by atoms with E-state index in [1.807, 2.05) is 41.8 Å². The van der Waals surface area contributed by atoms with Gasteiger partial charge in [-0.2, -0.15) is 0 Å². The first kappa shape index (κ1) is 13.9. The normalized spacial score (nSPS) is 10.3. The number of hydrogen-bond acceptors (Lipinski definition) is 2. The minimum atomic E-state index is -0.143. The van der Waals surface area contributed by atoms with E-state index < -0.39 is 0 Å². The lowest BCUT2D eigenvalue weighted by Gasteiger charge is -2.10. The molecule has 2 aromatic carbocycles. The van der Waals surface area contributed by atoms with Crippen LogP contribution in [-0.2, 0) is 0 Å². The molecule has 0 aliphatic rings. The summed E-state index contributed by atoms with van der Waals surface area (Å²) in [5, 5.41) is 5.60. The van der Waals surface area contributed by atoms with Gasteiger partial charge in [0.2, 0.25) is 0 Å². The number of rotatable bonds is 3. The Bertz CT molecular complexity index is 751. The second-order valence-corrected chi connectivity index (χ2v) is 5.87. The van der Waals surface area contributed by atoms with Gasteiger partial charge in [-0.25, -0.2) is 0 Å². The van der Waals surface area contributed by atoms with Crippen LogP contribution in [0.25, 0.3) is 10.4 Å². The van der Waals surface area contributed by atoms with Gasteiger partial charge in [0, 0.05) is 26.7 Å². The van der Waals surface area contributed by atoms with E-state index >= 15 is 0 Å². The molecule has 104 valence electrons. The van der Waals surface area contributed by atoms with Crippen LogP contribution >= 0.6 is 22.9 Å². The summed E-state index contributed by atoms with van der Waals surface area (Å²) in [6.45, 7) is 0. The molecule has 0 fully saturated rings. The lowest BCUT2D eigenvalue weighted by Crippen LogP contribution is -2.12. The Labute approximate surface area is 132 Å². The fourth-order valence-electron chi connectivity index (χ4n) is 2.03. The van der Waals surface area contributed by atoms with Crippen LogP contribution in [0.2, 0.25) is 5.02 Å². The number of carbonyl (C=O) groups is 1. The number of halogens is 1. The Kier molecular flexibility index (Phi) is 4.04. The van der Waals surface area contributed by atoms with Gasteiger partial charge in [-0.3, -0.25) is 4.79 Å². The van der Waals surface area contributed by atoms with E-state index in [1.54, 1.807) is 35.6 Å². The molecule has 3 aromatic rings. The maximum atomic E-state index is 12.3. The average Bonchev–Trinajstić information content (AvgIpc) is 3.02. The number of anilines is 1. The third kappa shape index (κ3) is 3.15. The molecule has 21 heavy (non-hydrogen) atoms. The highest BCUT2D eigenvalue weighted by Crippen LogP contribution is 2.31. The Hall–Kier alpha value is -2.10. The smallest absolute Gasteiger partial charge is 0.255 e. The van der Waals surface area contributed by atoms with E-state index in [4.69, 9.17) is 11.6 Å². The minimum absolute atomic E-state index is 0.143. The second kappa shape index (κ2) is 6.12. The SMILES string of the molecule is O=C(Nc1ccccc1-c1cccs1)c1ccc(Cl)cc1. The van der Waals surface area contributed by atoms with Crippen molar-refractivity contribution in [2.24, 2.45) is 0 Å². The van der Waals surface area contributed by atoms with E-state index in [2.05, 4.69) is 5.32 Å². The molecule has 2 nitrogen and oxygen atoms in total. The van der Waals surface area contributed by atoms with Crippen LogP contribution in [0.1, 0.15) is 10.4 Å². The lowest BCUT2D eigenvalue weighted by molar-refractivity contribution is 0.102. The maximum absolute atomic E-state index is 12.3. The average molecular weight is 314 g/mol. The van der Waals surface area contributed by atoms with Crippen molar-refractivity contribution in [1.29, 1.82) is 0 Å². The zero-order valence-corrected chi connectivity index (χ0v) is 12.6. The van der Waals surface area contributed by atoms with E-state index in [1.165, 1.54) is 0 Å². The molecule has 1 aromatic heterocycles. The number of hydrogen-bond donors (Lipinski definition) is 1. The predicted octanol–water partition coefficient (Wildman–Crippen LogP) is 5.32. The molecule has 0 atom stereocenters. The van der Waals surface area contributed by atoms with Crippen LogP contribution < -0.4 is 5.32 Å². The third-order valence-electron chi connectivity index (χ3n) is 3.07. The first-order valence-electron chi connectivity index (χ1n) is 6.44. The molecular weight excluding hydrogens is 302 g/mol. The summed E-state index contributed by atoms with van der Waals surface area (Å²) >= 11 is 7.49. The Morgan fingerprint density at radius 2 is 1.71 bits per heavy atom. The summed E-state index contributed by atoms with van der Waals surface area (Å²) < 4.78 is 0. The molecule has 0 spiro atoms. The number of benzene rings is 2. The summed E-state index contributed by atoms with van der Waals surface area (Å²) in [6, 6.07) is 18.7. The number of amides is 1. The summed E-state index contributed by atoms with van der Waals surface area (Å²) in [5.41, 5.74) is 2.41. The molecule has 1 heterocycles. The fraction of sp³-hybridized carbons (Fsp3) is 0. The summed E-state index contributed by atoms with van der Waals surface area (Å²) in [7, 11) is 0. The summed E-state index contributed by atoms with van der Waals surface area (Å²) in [4.78, 5) is 13.4. The van der Waals surface area contributed by atoms with Crippen LogP contribution in [0.15, 0.2) is 66.0 Å². The molecule has 1 N–H and O–H groups in total. The molecule has 0 radical (unpaired) electrons. The van der Waals surface area contributed by atoms with Crippen LogP contribution in [0.5, 0.6) is 0 Å². The highest BCUT2D eigenvalue weighted by Gasteiger charge is 2.10. The van der Waals surface area contributed by atoms with Gasteiger partial charge in [0.05, 0.1) is 0 Å². The summed E-state index contributed by atoms with van der Waals surface area (Å²) in [6.07, 6.45) is 0. The molecule has 0 saturated carbocycles. The van der Waals surface area contributed by atoms with Crippen molar-refractivity contribution in [3.63, 3.8) is 0 Å². The summed E-state index contributed by atoms with van der Waals surface area (Å²) in [5.74, 6) is -0.143. The molecule has 0 bridgehead atoms. The van der Waals surface area contributed by atoms with Crippen molar-refractivity contribution in [2.75, 3.05) is 5.32 Å².